The van der Waals surface area contributed by atoms with Crippen LogP contribution >= 0.6 is 22.6 Å². The Morgan fingerprint density at radius 3 is 2.48 bits per heavy atom. The molecule has 0 fully saturated rings. The van der Waals surface area contributed by atoms with E-state index in [4.69, 9.17) is 4.74 Å². The molecule has 3 aromatic rings. The average Bonchev–Trinajstić information content (AvgIpc) is 3.11. The van der Waals surface area contributed by atoms with E-state index in [-0.39, 0.29) is 11.8 Å². The first kappa shape index (κ1) is 23.1. The van der Waals surface area contributed by atoms with Gasteiger partial charge in [0.05, 0.1) is 6.61 Å². The molecule has 2 amide bonds. The number of hydrogen-bond donors (Lipinski definition) is 3. The molecule has 0 aliphatic heterocycles. The van der Waals surface area contributed by atoms with Crippen LogP contribution in [-0.4, -0.2) is 29.6 Å². The maximum atomic E-state index is 13.2. The number of carbonyl (C=O) groups excluding carboxylic acids is 2. The number of amides is 2. The number of benzene rings is 2. The second kappa shape index (κ2) is 10.2. The molecule has 164 valence electrons. The van der Waals surface area contributed by atoms with Crippen molar-refractivity contribution in [2.45, 2.75) is 40.2 Å². The summed E-state index contributed by atoms with van der Waals surface area (Å²) in [7, 11) is 0. The molecule has 0 spiro atoms. The molecule has 2 aromatic carbocycles. The fourth-order valence-electron chi connectivity index (χ4n) is 3.47. The highest BCUT2D eigenvalue weighted by atomic mass is 127. The van der Waals surface area contributed by atoms with Crippen LogP contribution in [0.25, 0.3) is 10.9 Å². The average molecular weight is 533 g/mol. The van der Waals surface area contributed by atoms with Gasteiger partial charge >= 0.3 is 6.09 Å². The minimum Gasteiger partial charge on any atom is -0.449 e. The molecule has 7 heteroatoms. The zero-order chi connectivity index (χ0) is 22.5. The molecule has 0 radical (unpaired) electrons. The molecule has 1 aromatic heterocycles. The van der Waals surface area contributed by atoms with Crippen molar-refractivity contribution in [3.8, 4) is 0 Å². The maximum absolute atomic E-state index is 13.2. The van der Waals surface area contributed by atoms with Crippen LogP contribution < -0.4 is 10.6 Å². The first-order valence-corrected chi connectivity index (χ1v) is 11.4. The zero-order valence-electron chi connectivity index (χ0n) is 18.2. The largest absolute Gasteiger partial charge is 0.449 e. The zero-order valence-corrected chi connectivity index (χ0v) is 20.4. The van der Waals surface area contributed by atoms with Crippen molar-refractivity contribution in [2.24, 2.45) is 5.92 Å². The van der Waals surface area contributed by atoms with Crippen molar-refractivity contribution >= 4 is 51.2 Å². The number of fused-ring (bicyclic) bond motifs is 1. The highest BCUT2D eigenvalue weighted by Crippen LogP contribution is 2.24. The van der Waals surface area contributed by atoms with Crippen molar-refractivity contribution in [1.82, 2.24) is 10.3 Å². The molecule has 3 N–H and O–H groups in total. The van der Waals surface area contributed by atoms with Gasteiger partial charge in [-0.25, -0.2) is 4.79 Å². The van der Waals surface area contributed by atoms with Gasteiger partial charge in [-0.1, -0.05) is 32.0 Å². The summed E-state index contributed by atoms with van der Waals surface area (Å²) in [6.07, 6.45) is 1.63. The molecule has 0 aliphatic carbocycles. The lowest BCUT2D eigenvalue weighted by molar-refractivity contribution is -0.118. The number of nitrogens with one attached hydrogen (secondary N) is 3. The SMILES string of the molecule is Cc1cc(I)cc(C)c1NC(=O)[C@@H](Cc1c[nH]c2ccccc12)NC(=O)OCC(C)C. The smallest absolute Gasteiger partial charge is 0.407 e. The Morgan fingerprint density at radius 1 is 1.13 bits per heavy atom. The summed E-state index contributed by atoms with van der Waals surface area (Å²) >= 11 is 2.26. The summed E-state index contributed by atoms with van der Waals surface area (Å²) in [5, 5.41) is 6.80. The Kier molecular flexibility index (Phi) is 7.59. The Labute approximate surface area is 196 Å². The van der Waals surface area contributed by atoms with Crippen molar-refractivity contribution in [1.29, 1.82) is 0 Å². The molecule has 3 rings (SSSR count). The number of aromatic nitrogens is 1. The maximum Gasteiger partial charge on any atom is 0.407 e. The molecule has 0 saturated heterocycles. The molecule has 0 unspecified atom stereocenters. The molecule has 0 saturated carbocycles. The molecular weight excluding hydrogens is 505 g/mol. The van der Waals surface area contributed by atoms with E-state index >= 15 is 0 Å². The summed E-state index contributed by atoms with van der Waals surface area (Å²) in [4.78, 5) is 28.8. The summed E-state index contributed by atoms with van der Waals surface area (Å²) < 4.78 is 6.37. The second-order valence-corrected chi connectivity index (χ2v) is 9.40. The van der Waals surface area contributed by atoms with Crippen LogP contribution in [0.5, 0.6) is 0 Å². The number of carbonyl (C=O) groups is 2. The third kappa shape index (κ3) is 6.00. The first-order chi connectivity index (χ1) is 14.7. The summed E-state index contributed by atoms with van der Waals surface area (Å²) in [5.41, 5.74) is 4.67. The van der Waals surface area contributed by atoms with Crippen molar-refractivity contribution in [2.75, 3.05) is 11.9 Å². The predicted molar refractivity (Wildman–Crippen MR) is 132 cm³/mol. The monoisotopic (exact) mass is 533 g/mol. The summed E-state index contributed by atoms with van der Waals surface area (Å²) in [6.45, 7) is 8.15. The van der Waals surface area contributed by atoms with E-state index in [1.54, 1.807) is 0 Å². The quantitative estimate of drug-likeness (QED) is 0.360. The lowest BCUT2D eigenvalue weighted by atomic mass is 10.0. The van der Waals surface area contributed by atoms with Gasteiger partial charge in [0.1, 0.15) is 6.04 Å². The number of ether oxygens (including phenoxy) is 1. The van der Waals surface area contributed by atoms with E-state index in [9.17, 15) is 9.59 Å². The summed E-state index contributed by atoms with van der Waals surface area (Å²) in [5.74, 6) is -0.0667. The normalized spacial score (nSPS) is 12.1. The minimum absolute atomic E-state index is 0.212. The highest BCUT2D eigenvalue weighted by molar-refractivity contribution is 14.1. The standard InChI is InChI=1S/C24H28IN3O3/c1-14(2)13-31-24(30)27-21(11-17-12-26-20-8-6-5-7-19(17)20)23(29)28-22-15(3)9-18(25)10-16(22)4/h5-10,12,14,21,26H,11,13H2,1-4H3,(H,27,30)(H,28,29)/t21-/m1/s1. The number of alkyl carbamates (subject to hydrolysis) is 1. The van der Waals surface area contributed by atoms with Crippen molar-refractivity contribution < 1.29 is 14.3 Å². The fourth-order valence-corrected chi connectivity index (χ4v) is 4.41. The molecule has 6 nitrogen and oxygen atoms in total. The van der Waals surface area contributed by atoms with Crippen LogP contribution in [0.1, 0.15) is 30.5 Å². The molecule has 0 bridgehead atoms. The van der Waals surface area contributed by atoms with Gasteiger partial charge < -0.3 is 20.4 Å². The van der Waals surface area contributed by atoms with E-state index in [0.717, 1.165) is 36.9 Å². The van der Waals surface area contributed by atoms with Crippen LogP contribution in [0.3, 0.4) is 0 Å². The number of para-hydroxylation sites is 1. The van der Waals surface area contributed by atoms with Gasteiger partial charge in [-0.2, -0.15) is 0 Å². The number of anilines is 1. The van der Waals surface area contributed by atoms with E-state index < -0.39 is 12.1 Å². The molecule has 31 heavy (non-hydrogen) atoms. The van der Waals surface area contributed by atoms with E-state index in [1.807, 2.05) is 70.3 Å². The fraction of sp³-hybridized carbons (Fsp3) is 0.333. The van der Waals surface area contributed by atoms with Crippen molar-refractivity contribution in [3.05, 3.63) is 62.9 Å². The van der Waals surface area contributed by atoms with Gasteiger partial charge in [0.15, 0.2) is 0 Å². The summed E-state index contributed by atoms with van der Waals surface area (Å²) in [6, 6.07) is 11.1. The second-order valence-electron chi connectivity index (χ2n) is 8.16. The lowest BCUT2D eigenvalue weighted by Crippen LogP contribution is -2.45. The number of aromatic amines is 1. The molecule has 1 atom stereocenters. The van der Waals surface area contributed by atoms with Crippen LogP contribution in [0.2, 0.25) is 0 Å². The Balaban J connectivity index is 1.84. The van der Waals surface area contributed by atoms with Gasteiger partial charge in [0.25, 0.3) is 0 Å². The molecular formula is C24H28IN3O3. The van der Waals surface area contributed by atoms with Gasteiger partial charge in [-0.05, 0) is 77.2 Å². The molecule has 0 aliphatic rings. The lowest BCUT2D eigenvalue weighted by Gasteiger charge is -2.20. The van der Waals surface area contributed by atoms with E-state index in [1.165, 1.54) is 0 Å². The van der Waals surface area contributed by atoms with Crippen LogP contribution in [-0.2, 0) is 16.0 Å². The topological polar surface area (TPSA) is 83.2 Å². The number of H-pyrrole nitrogens is 1. The third-order valence-electron chi connectivity index (χ3n) is 5.00. The first-order valence-electron chi connectivity index (χ1n) is 10.3. The van der Waals surface area contributed by atoms with Crippen LogP contribution in [0, 0.1) is 23.3 Å². The van der Waals surface area contributed by atoms with E-state index in [2.05, 4.69) is 38.2 Å². The number of halogens is 1. The van der Waals surface area contributed by atoms with Crippen LogP contribution in [0.15, 0.2) is 42.6 Å². The predicted octanol–water partition coefficient (Wildman–Crippen LogP) is 5.32. The van der Waals surface area contributed by atoms with Gasteiger partial charge in [-0.15, -0.1) is 0 Å². The minimum atomic E-state index is -0.781. The number of hydrogen-bond acceptors (Lipinski definition) is 3. The molecule has 1 heterocycles. The van der Waals surface area contributed by atoms with Gasteiger partial charge in [0, 0.05) is 32.8 Å². The van der Waals surface area contributed by atoms with Crippen molar-refractivity contribution in [3.63, 3.8) is 0 Å². The Morgan fingerprint density at radius 2 is 1.81 bits per heavy atom. The number of rotatable bonds is 7. The number of aryl methyl sites for hydroxylation is 2. The van der Waals surface area contributed by atoms with Gasteiger partial charge in [0.2, 0.25) is 5.91 Å². The van der Waals surface area contributed by atoms with E-state index in [0.29, 0.717) is 13.0 Å². The van der Waals surface area contributed by atoms with Crippen LogP contribution in [0.4, 0.5) is 10.5 Å². The Hall–Kier alpha value is -2.55. The highest BCUT2D eigenvalue weighted by Gasteiger charge is 2.24. The Bertz CT molecular complexity index is 1070. The van der Waals surface area contributed by atoms with Gasteiger partial charge in [-0.3, -0.25) is 4.79 Å². The third-order valence-corrected chi connectivity index (χ3v) is 5.62.